The van der Waals surface area contributed by atoms with Crippen LogP contribution in [0, 0.1) is 0 Å². The summed E-state index contributed by atoms with van der Waals surface area (Å²) in [7, 11) is 3.29. The highest BCUT2D eigenvalue weighted by atomic mass is 16.5. The minimum Gasteiger partial charge on any atom is -0.497 e. The lowest BCUT2D eigenvalue weighted by Gasteiger charge is -2.32. The summed E-state index contributed by atoms with van der Waals surface area (Å²) >= 11 is 0. The van der Waals surface area contributed by atoms with Gasteiger partial charge in [-0.15, -0.1) is 0 Å². The molecule has 0 saturated carbocycles. The van der Waals surface area contributed by atoms with Crippen LogP contribution < -0.4 is 20.2 Å². The van der Waals surface area contributed by atoms with Crippen molar-refractivity contribution < 1.29 is 9.47 Å². The molecule has 3 rings (SSSR count). The number of benzene rings is 1. The summed E-state index contributed by atoms with van der Waals surface area (Å²) in [5.41, 5.74) is 8.07. The van der Waals surface area contributed by atoms with Gasteiger partial charge in [0.25, 0.3) is 0 Å². The van der Waals surface area contributed by atoms with Gasteiger partial charge < -0.3 is 15.2 Å². The van der Waals surface area contributed by atoms with Crippen LogP contribution in [0.2, 0.25) is 0 Å². The second-order valence-electron chi connectivity index (χ2n) is 6.44. The van der Waals surface area contributed by atoms with Crippen molar-refractivity contribution in [2.75, 3.05) is 32.3 Å². The van der Waals surface area contributed by atoms with Crippen LogP contribution in [-0.4, -0.2) is 48.3 Å². The number of rotatable bonds is 7. The first-order valence-electron chi connectivity index (χ1n) is 9.00. The van der Waals surface area contributed by atoms with Gasteiger partial charge in [-0.1, -0.05) is 13.3 Å². The predicted molar refractivity (Wildman–Crippen MR) is 102 cm³/mol. The van der Waals surface area contributed by atoms with Crippen LogP contribution >= 0.6 is 0 Å². The molecule has 1 aromatic heterocycles. The number of anilines is 2. The first-order chi connectivity index (χ1) is 12.6. The molecule has 1 atom stereocenters. The molecule has 0 bridgehead atoms. The second kappa shape index (κ2) is 8.33. The Morgan fingerprint density at radius 3 is 2.54 bits per heavy atom. The normalized spacial score (nSPS) is 17.3. The summed E-state index contributed by atoms with van der Waals surface area (Å²) in [6.07, 6.45) is 4.71. The average Bonchev–Trinajstić information content (AvgIpc) is 3.08. The molecule has 2 N–H and O–H groups in total. The molecule has 1 fully saturated rings. The summed E-state index contributed by atoms with van der Waals surface area (Å²) in [5, 5.41) is 4.21. The van der Waals surface area contributed by atoms with Gasteiger partial charge in [0.05, 0.1) is 19.9 Å². The van der Waals surface area contributed by atoms with E-state index in [9.17, 15) is 0 Å². The molecule has 140 valence electrons. The van der Waals surface area contributed by atoms with Gasteiger partial charge in [-0.25, -0.2) is 20.0 Å². The standard InChI is InChI=1S/C19H27N5O2/c1-4-5-15-6-8-21-19(22-15)24(23-9-7-14(20)13-23)16-10-17(25-2)12-18(11-16)26-3/h6,8,10-12,14H,4-5,7,9,13,20H2,1-3H3/t14-/m0/s1. The van der Waals surface area contributed by atoms with Crippen molar-refractivity contribution in [2.45, 2.75) is 32.2 Å². The van der Waals surface area contributed by atoms with Crippen molar-refractivity contribution >= 4 is 11.6 Å². The van der Waals surface area contributed by atoms with Crippen LogP contribution in [0.4, 0.5) is 11.6 Å². The predicted octanol–water partition coefficient (Wildman–Crippen LogP) is 2.53. The number of aryl methyl sites for hydroxylation is 1. The van der Waals surface area contributed by atoms with E-state index in [2.05, 4.69) is 16.9 Å². The van der Waals surface area contributed by atoms with E-state index < -0.39 is 0 Å². The van der Waals surface area contributed by atoms with Crippen LogP contribution in [0.1, 0.15) is 25.5 Å². The number of nitrogens with two attached hydrogens (primary N) is 1. The van der Waals surface area contributed by atoms with E-state index in [1.54, 1.807) is 14.2 Å². The Labute approximate surface area is 154 Å². The van der Waals surface area contributed by atoms with Crippen LogP contribution in [0.25, 0.3) is 0 Å². The van der Waals surface area contributed by atoms with E-state index >= 15 is 0 Å². The molecule has 0 spiro atoms. The maximum atomic E-state index is 6.15. The minimum absolute atomic E-state index is 0.142. The van der Waals surface area contributed by atoms with Gasteiger partial charge in [-0.2, -0.15) is 0 Å². The van der Waals surface area contributed by atoms with Crippen molar-refractivity contribution in [3.8, 4) is 11.5 Å². The SMILES string of the molecule is CCCc1ccnc(N(c2cc(OC)cc(OC)c2)N2CC[C@H](N)C2)n1. The zero-order valence-corrected chi connectivity index (χ0v) is 15.7. The number of nitrogens with zero attached hydrogens (tertiary/aromatic N) is 4. The average molecular weight is 357 g/mol. The summed E-state index contributed by atoms with van der Waals surface area (Å²) in [6.45, 7) is 3.74. The lowest BCUT2D eigenvalue weighted by molar-refractivity contribution is 0.333. The van der Waals surface area contributed by atoms with Crippen molar-refractivity contribution in [3.05, 3.63) is 36.2 Å². The summed E-state index contributed by atoms with van der Waals surface area (Å²) in [6, 6.07) is 7.88. The second-order valence-corrected chi connectivity index (χ2v) is 6.44. The third kappa shape index (κ3) is 4.05. The largest absolute Gasteiger partial charge is 0.497 e. The van der Waals surface area contributed by atoms with E-state index in [1.165, 1.54) is 0 Å². The highest BCUT2D eigenvalue weighted by Crippen LogP contribution is 2.33. The van der Waals surface area contributed by atoms with E-state index in [1.807, 2.05) is 35.5 Å². The molecule has 2 aromatic rings. The van der Waals surface area contributed by atoms with Crippen molar-refractivity contribution in [1.82, 2.24) is 15.0 Å². The highest BCUT2D eigenvalue weighted by molar-refractivity contribution is 5.61. The Morgan fingerprint density at radius 1 is 1.23 bits per heavy atom. The van der Waals surface area contributed by atoms with E-state index in [-0.39, 0.29) is 6.04 Å². The van der Waals surface area contributed by atoms with Crippen molar-refractivity contribution in [3.63, 3.8) is 0 Å². The molecule has 0 aliphatic carbocycles. The Balaban J connectivity index is 2.05. The minimum atomic E-state index is 0.142. The third-order valence-corrected chi connectivity index (χ3v) is 4.46. The lowest BCUT2D eigenvalue weighted by Crippen LogP contribution is -2.40. The molecular weight excluding hydrogens is 330 g/mol. The van der Waals surface area contributed by atoms with E-state index in [0.717, 1.165) is 55.2 Å². The molecule has 1 saturated heterocycles. The quantitative estimate of drug-likeness (QED) is 0.816. The molecule has 0 unspecified atom stereocenters. The number of aromatic nitrogens is 2. The van der Waals surface area contributed by atoms with Crippen LogP contribution in [-0.2, 0) is 6.42 Å². The number of hydrogen-bond acceptors (Lipinski definition) is 7. The maximum absolute atomic E-state index is 6.15. The molecule has 1 aliphatic rings. The monoisotopic (exact) mass is 357 g/mol. The molecule has 26 heavy (non-hydrogen) atoms. The fourth-order valence-electron chi connectivity index (χ4n) is 3.15. The van der Waals surface area contributed by atoms with Gasteiger partial charge in [-0.05, 0) is 18.9 Å². The van der Waals surface area contributed by atoms with E-state index in [4.69, 9.17) is 20.2 Å². The summed E-state index contributed by atoms with van der Waals surface area (Å²) < 4.78 is 10.9. The molecule has 1 aliphatic heterocycles. The van der Waals surface area contributed by atoms with Gasteiger partial charge in [-0.3, -0.25) is 0 Å². The smallest absolute Gasteiger partial charge is 0.245 e. The van der Waals surface area contributed by atoms with Crippen LogP contribution in [0.3, 0.4) is 0 Å². The first-order valence-corrected chi connectivity index (χ1v) is 9.00. The zero-order valence-electron chi connectivity index (χ0n) is 15.7. The topological polar surface area (TPSA) is 76.7 Å². The van der Waals surface area contributed by atoms with Gasteiger partial charge in [0.15, 0.2) is 0 Å². The van der Waals surface area contributed by atoms with Gasteiger partial charge in [0, 0.05) is 49.2 Å². The number of ether oxygens (including phenoxy) is 2. The molecule has 0 radical (unpaired) electrons. The van der Waals surface area contributed by atoms with Crippen molar-refractivity contribution in [1.29, 1.82) is 0 Å². The number of hydrazine groups is 1. The maximum Gasteiger partial charge on any atom is 0.245 e. The lowest BCUT2D eigenvalue weighted by atomic mass is 10.2. The third-order valence-electron chi connectivity index (χ3n) is 4.46. The van der Waals surface area contributed by atoms with Gasteiger partial charge >= 0.3 is 0 Å². The highest BCUT2D eigenvalue weighted by Gasteiger charge is 2.28. The summed E-state index contributed by atoms with van der Waals surface area (Å²) in [4.78, 5) is 9.30. The summed E-state index contributed by atoms with van der Waals surface area (Å²) in [5.74, 6) is 2.08. The fraction of sp³-hybridized carbons (Fsp3) is 0.474. The molecule has 0 amide bonds. The number of hydrogen-bond donors (Lipinski definition) is 1. The first kappa shape index (κ1) is 18.4. The van der Waals surface area contributed by atoms with Gasteiger partial charge in [0.1, 0.15) is 11.5 Å². The Bertz CT molecular complexity index is 717. The zero-order chi connectivity index (χ0) is 18.5. The molecule has 1 aromatic carbocycles. The Kier molecular flexibility index (Phi) is 5.90. The molecule has 2 heterocycles. The van der Waals surface area contributed by atoms with Crippen LogP contribution in [0.15, 0.2) is 30.5 Å². The fourth-order valence-corrected chi connectivity index (χ4v) is 3.15. The number of methoxy groups -OCH3 is 2. The molecule has 7 nitrogen and oxygen atoms in total. The van der Waals surface area contributed by atoms with Gasteiger partial charge in [0.2, 0.25) is 5.95 Å². The Morgan fingerprint density at radius 2 is 1.96 bits per heavy atom. The van der Waals surface area contributed by atoms with Crippen LogP contribution in [0.5, 0.6) is 11.5 Å². The van der Waals surface area contributed by atoms with E-state index in [0.29, 0.717) is 5.95 Å². The van der Waals surface area contributed by atoms with Crippen molar-refractivity contribution in [2.24, 2.45) is 5.73 Å². The molecule has 7 heteroatoms. The molecular formula is C19H27N5O2. The Hall–Kier alpha value is -2.38.